The summed E-state index contributed by atoms with van der Waals surface area (Å²) >= 11 is 1.70. The minimum atomic E-state index is -1.66. The van der Waals surface area contributed by atoms with Crippen LogP contribution in [0.5, 0.6) is 17.2 Å². The van der Waals surface area contributed by atoms with E-state index < -0.39 is 45.6 Å². The fraction of sp³-hybridized carbons (Fsp3) is 0.222. The maximum atomic E-state index is 13.3. The van der Waals surface area contributed by atoms with Crippen molar-refractivity contribution in [1.29, 1.82) is 0 Å². The van der Waals surface area contributed by atoms with Gasteiger partial charge in [-0.15, -0.1) is 11.8 Å². The summed E-state index contributed by atoms with van der Waals surface area (Å²) in [7, 11) is 0. The molecule has 2 aromatic rings. The summed E-state index contributed by atoms with van der Waals surface area (Å²) in [5.41, 5.74) is -1.58. The molecule has 0 fully saturated rings. The van der Waals surface area contributed by atoms with E-state index in [1.165, 1.54) is 19.9 Å². The smallest absolute Gasteiger partial charge is 0.193 e. The highest BCUT2D eigenvalue weighted by molar-refractivity contribution is 7.99. The Labute approximate surface area is 206 Å². The minimum Gasteiger partial charge on any atom is -0.507 e. The third kappa shape index (κ3) is 3.74. The molecular weight excluding hydrogens is 468 g/mol. The summed E-state index contributed by atoms with van der Waals surface area (Å²) in [6.45, 7) is 6.06. The van der Waals surface area contributed by atoms with Gasteiger partial charge in [-0.1, -0.05) is 25.1 Å². The van der Waals surface area contributed by atoms with Crippen LogP contribution in [0.15, 0.2) is 58.4 Å². The number of allylic oxidation sites excluding steroid dienone is 4. The van der Waals surface area contributed by atoms with Crippen molar-refractivity contribution in [2.75, 3.05) is 5.75 Å². The summed E-state index contributed by atoms with van der Waals surface area (Å²) in [4.78, 5) is 39.7. The summed E-state index contributed by atoms with van der Waals surface area (Å²) in [5, 5.41) is 31.9. The number of aliphatic hydroxyl groups is 1. The molecule has 180 valence electrons. The number of aromatic hydroxyl groups is 2. The monoisotopic (exact) mass is 492 g/mol. The Morgan fingerprint density at radius 2 is 1.77 bits per heavy atom. The SMILES string of the molecule is CCSc1ccc(/C=C/C(=O)c2c(O)c(C)c(O)c3c2OC2=CC(O)=C(C(C)=O)C(=O)[C@]23C)cc1. The molecule has 0 bridgehead atoms. The van der Waals surface area contributed by atoms with Crippen LogP contribution in [-0.2, 0) is 15.0 Å². The molecule has 0 unspecified atom stereocenters. The number of ether oxygens (including phenoxy) is 1. The summed E-state index contributed by atoms with van der Waals surface area (Å²) in [5.74, 6) is -2.77. The number of aliphatic hydroxyl groups excluding tert-OH is 1. The first-order valence-electron chi connectivity index (χ1n) is 11.0. The van der Waals surface area contributed by atoms with Crippen molar-refractivity contribution in [3.05, 3.63) is 75.8 Å². The van der Waals surface area contributed by atoms with E-state index >= 15 is 0 Å². The second-order valence-electron chi connectivity index (χ2n) is 8.48. The van der Waals surface area contributed by atoms with Crippen molar-refractivity contribution in [3.63, 3.8) is 0 Å². The fourth-order valence-electron chi connectivity index (χ4n) is 4.36. The number of hydrogen-bond donors (Lipinski definition) is 3. The van der Waals surface area contributed by atoms with Crippen molar-refractivity contribution in [2.45, 2.75) is 38.0 Å². The van der Waals surface area contributed by atoms with Gasteiger partial charge in [-0.3, -0.25) is 14.4 Å². The molecule has 2 aromatic carbocycles. The van der Waals surface area contributed by atoms with Crippen LogP contribution in [-0.4, -0.2) is 38.4 Å². The Morgan fingerprint density at radius 3 is 2.37 bits per heavy atom. The lowest BCUT2D eigenvalue weighted by Crippen LogP contribution is -2.38. The summed E-state index contributed by atoms with van der Waals surface area (Å²) in [6.07, 6.45) is 3.99. The number of rotatable bonds is 6. The van der Waals surface area contributed by atoms with E-state index in [9.17, 15) is 29.7 Å². The first-order chi connectivity index (χ1) is 16.5. The van der Waals surface area contributed by atoms with Crippen LogP contribution in [0.3, 0.4) is 0 Å². The molecule has 0 radical (unpaired) electrons. The highest BCUT2D eigenvalue weighted by Crippen LogP contribution is 2.57. The number of thioether (sulfide) groups is 1. The van der Waals surface area contributed by atoms with Gasteiger partial charge in [0.1, 0.15) is 45.3 Å². The van der Waals surface area contributed by atoms with Crippen LogP contribution in [0.25, 0.3) is 6.08 Å². The minimum absolute atomic E-state index is 0.0107. The predicted octanol–water partition coefficient (Wildman–Crippen LogP) is 4.93. The van der Waals surface area contributed by atoms with Crippen molar-refractivity contribution in [1.82, 2.24) is 0 Å². The molecule has 1 aliphatic carbocycles. The Hall–Kier alpha value is -3.78. The van der Waals surface area contributed by atoms with Crippen LogP contribution in [0.4, 0.5) is 0 Å². The lowest BCUT2D eigenvalue weighted by molar-refractivity contribution is -0.123. The summed E-state index contributed by atoms with van der Waals surface area (Å²) in [6, 6.07) is 7.61. The van der Waals surface area contributed by atoms with Crippen molar-refractivity contribution in [3.8, 4) is 17.2 Å². The zero-order valence-corrected chi connectivity index (χ0v) is 20.4. The number of hydrogen-bond acceptors (Lipinski definition) is 8. The standard InChI is InChI=1S/C27H24O7S/c1-5-35-16-9-6-15(7-10-16)8-11-17(29)21-23(31)13(2)24(32)22-25(21)34-19-12-18(30)20(14(3)28)26(33)27(19,22)4/h6-12,30-32H,5H2,1-4H3/b11-8+/t27-/m1/s1. The average Bonchev–Trinajstić information content (AvgIpc) is 3.10. The molecule has 0 spiro atoms. The fourth-order valence-corrected chi connectivity index (χ4v) is 5.02. The number of phenolic OH excluding ortho intramolecular Hbond substituents is 2. The van der Waals surface area contributed by atoms with Crippen molar-refractivity contribution >= 4 is 35.2 Å². The first-order valence-corrected chi connectivity index (χ1v) is 11.9. The lowest BCUT2D eigenvalue weighted by Gasteiger charge is -2.28. The molecule has 0 saturated carbocycles. The highest BCUT2D eigenvalue weighted by Gasteiger charge is 2.55. The molecule has 4 rings (SSSR count). The van der Waals surface area contributed by atoms with E-state index in [1.807, 2.05) is 24.3 Å². The number of carbonyl (C=O) groups is 3. The van der Waals surface area contributed by atoms with Crippen LogP contribution in [0, 0.1) is 6.92 Å². The van der Waals surface area contributed by atoms with Crippen molar-refractivity contribution < 1.29 is 34.4 Å². The number of Topliss-reactive ketones (excluding diaryl/α,β-unsaturated/α-hetero) is 2. The van der Waals surface area contributed by atoms with Gasteiger partial charge in [0.15, 0.2) is 17.3 Å². The Kier molecular flexibility index (Phi) is 6.11. The summed E-state index contributed by atoms with van der Waals surface area (Å²) < 4.78 is 5.80. The average molecular weight is 493 g/mol. The molecule has 7 nitrogen and oxygen atoms in total. The Balaban J connectivity index is 1.81. The van der Waals surface area contributed by atoms with Gasteiger partial charge in [0, 0.05) is 16.5 Å². The van der Waals surface area contributed by atoms with Gasteiger partial charge in [0.25, 0.3) is 0 Å². The topological polar surface area (TPSA) is 121 Å². The number of fused-ring (bicyclic) bond motifs is 3. The van der Waals surface area contributed by atoms with E-state index in [0.717, 1.165) is 29.2 Å². The van der Waals surface area contributed by atoms with Gasteiger partial charge < -0.3 is 20.1 Å². The quantitative estimate of drug-likeness (QED) is 0.225. The molecule has 0 amide bonds. The molecule has 8 heteroatoms. The Bertz CT molecular complexity index is 1380. The number of benzene rings is 2. The van der Waals surface area contributed by atoms with Gasteiger partial charge >= 0.3 is 0 Å². The highest BCUT2D eigenvalue weighted by atomic mass is 32.2. The third-order valence-electron chi connectivity index (χ3n) is 6.26. The van der Waals surface area contributed by atoms with E-state index in [1.54, 1.807) is 17.8 Å². The van der Waals surface area contributed by atoms with Crippen LogP contribution >= 0.6 is 11.8 Å². The van der Waals surface area contributed by atoms with E-state index in [-0.39, 0.29) is 28.2 Å². The van der Waals surface area contributed by atoms with Crippen LogP contribution in [0.2, 0.25) is 0 Å². The maximum Gasteiger partial charge on any atom is 0.193 e. The normalized spacial score (nSPS) is 18.9. The molecular formula is C27H24O7S. The van der Waals surface area contributed by atoms with E-state index in [0.29, 0.717) is 0 Å². The number of phenols is 2. The molecule has 3 N–H and O–H groups in total. The van der Waals surface area contributed by atoms with E-state index in [2.05, 4.69) is 6.92 Å². The first kappa shape index (κ1) is 24.3. The van der Waals surface area contributed by atoms with Crippen LogP contribution < -0.4 is 4.74 Å². The second-order valence-corrected chi connectivity index (χ2v) is 9.82. The van der Waals surface area contributed by atoms with Crippen LogP contribution in [0.1, 0.15) is 47.8 Å². The van der Waals surface area contributed by atoms with Gasteiger partial charge in [-0.05, 0) is 50.3 Å². The molecule has 0 aromatic heterocycles. The van der Waals surface area contributed by atoms with Crippen molar-refractivity contribution in [2.24, 2.45) is 0 Å². The second kappa shape index (κ2) is 8.78. The molecule has 1 atom stereocenters. The van der Waals surface area contributed by atoms with Gasteiger partial charge in [-0.2, -0.15) is 0 Å². The van der Waals surface area contributed by atoms with E-state index in [4.69, 9.17) is 4.74 Å². The zero-order chi connectivity index (χ0) is 25.7. The molecule has 1 heterocycles. The molecule has 35 heavy (non-hydrogen) atoms. The molecule has 2 aliphatic rings. The maximum absolute atomic E-state index is 13.3. The predicted molar refractivity (Wildman–Crippen MR) is 132 cm³/mol. The molecule has 0 saturated heterocycles. The Morgan fingerprint density at radius 1 is 1.11 bits per heavy atom. The molecule has 1 aliphatic heterocycles. The number of ketones is 3. The largest absolute Gasteiger partial charge is 0.507 e. The number of carbonyl (C=O) groups excluding carboxylic acids is 3. The zero-order valence-electron chi connectivity index (χ0n) is 19.6. The van der Waals surface area contributed by atoms with Gasteiger partial charge in [0.2, 0.25) is 0 Å². The van der Waals surface area contributed by atoms with Gasteiger partial charge in [0.05, 0.1) is 5.56 Å². The third-order valence-corrected chi connectivity index (χ3v) is 7.16. The lowest BCUT2D eigenvalue weighted by atomic mass is 9.71. The van der Waals surface area contributed by atoms with Gasteiger partial charge in [-0.25, -0.2) is 0 Å².